The van der Waals surface area contributed by atoms with E-state index in [4.69, 9.17) is 5.73 Å². The molecule has 0 saturated carbocycles. The van der Waals surface area contributed by atoms with Crippen LogP contribution in [0.4, 0.5) is 0 Å². The van der Waals surface area contributed by atoms with Crippen molar-refractivity contribution in [3.63, 3.8) is 0 Å². The third-order valence-electron chi connectivity index (χ3n) is 2.65. The second kappa shape index (κ2) is 3.79. The lowest BCUT2D eigenvalue weighted by molar-refractivity contribution is 0.446. The van der Waals surface area contributed by atoms with Crippen molar-refractivity contribution in [3.05, 3.63) is 21.6 Å². The SMILES string of the molecule is CC[C@H](C)[C@H](N)c1[nH][nH]c(=O)c1C. The summed E-state index contributed by atoms with van der Waals surface area (Å²) in [5, 5.41) is 5.36. The molecule has 4 heteroatoms. The van der Waals surface area contributed by atoms with Crippen LogP contribution in [0.15, 0.2) is 4.79 Å². The van der Waals surface area contributed by atoms with Gasteiger partial charge in [0.05, 0.1) is 5.69 Å². The average molecular weight is 183 g/mol. The first-order chi connectivity index (χ1) is 6.07. The Hall–Kier alpha value is -1.03. The Kier molecular flexibility index (Phi) is 2.93. The molecule has 1 heterocycles. The van der Waals surface area contributed by atoms with Crippen molar-refractivity contribution in [2.45, 2.75) is 33.2 Å². The number of hydrogen-bond donors (Lipinski definition) is 3. The summed E-state index contributed by atoms with van der Waals surface area (Å²) in [6.45, 7) is 5.95. The maximum atomic E-state index is 11.1. The molecule has 1 aromatic rings. The van der Waals surface area contributed by atoms with Gasteiger partial charge in [-0.1, -0.05) is 20.3 Å². The minimum atomic E-state index is -0.0797. The molecule has 0 aromatic carbocycles. The lowest BCUT2D eigenvalue weighted by Crippen LogP contribution is -2.20. The second-order valence-electron chi connectivity index (χ2n) is 3.53. The van der Waals surface area contributed by atoms with E-state index >= 15 is 0 Å². The topological polar surface area (TPSA) is 74.7 Å². The highest BCUT2D eigenvalue weighted by Crippen LogP contribution is 2.20. The Morgan fingerprint density at radius 1 is 1.46 bits per heavy atom. The standard InChI is InChI=1S/C9H17N3O/c1-4-5(2)7(10)8-6(3)9(13)12-11-8/h5,7H,4,10H2,1-3H3,(H2,11,12,13)/t5-,7-/m0/s1. The smallest absolute Gasteiger partial charge is 0.267 e. The number of rotatable bonds is 3. The molecule has 0 spiro atoms. The van der Waals surface area contributed by atoms with Crippen LogP contribution < -0.4 is 11.3 Å². The van der Waals surface area contributed by atoms with Crippen molar-refractivity contribution in [3.8, 4) is 0 Å². The number of aromatic nitrogens is 2. The Morgan fingerprint density at radius 3 is 2.46 bits per heavy atom. The van der Waals surface area contributed by atoms with Gasteiger partial charge in [-0.2, -0.15) is 0 Å². The first-order valence-electron chi connectivity index (χ1n) is 4.60. The van der Waals surface area contributed by atoms with Crippen LogP contribution in [-0.2, 0) is 0 Å². The van der Waals surface area contributed by atoms with Crippen molar-refractivity contribution < 1.29 is 0 Å². The quantitative estimate of drug-likeness (QED) is 0.655. The largest absolute Gasteiger partial charge is 0.322 e. The lowest BCUT2D eigenvalue weighted by atomic mass is 9.96. The maximum Gasteiger partial charge on any atom is 0.267 e. The molecule has 74 valence electrons. The van der Waals surface area contributed by atoms with Crippen LogP contribution >= 0.6 is 0 Å². The summed E-state index contributed by atoms with van der Waals surface area (Å²) in [7, 11) is 0. The first kappa shape index (κ1) is 10.1. The summed E-state index contributed by atoms with van der Waals surface area (Å²) in [5.41, 5.74) is 7.43. The Morgan fingerprint density at radius 2 is 2.08 bits per heavy atom. The highest BCUT2D eigenvalue weighted by atomic mass is 16.1. The number of aromatic amines is 2. The summed E-state index contributed by atoms with van der Waals surface area (Å²) in [5.74, 6) is 0.380. The van der Waals surface area contributed by atoms with Gasteiger partial charge in [0, 0.05) is 11.6 Å². The van der Waals surface area contributed by atoms with Crippen LogP contribution in [0.25, 0.3) is 0 Å². The summed E-state index contributed by atoms with van der Waals surface area (Å²) in [6.07, 6.45) is 1.01. The van der Waals surface area contributed by atoms with E-state index in [1.807, 2.05) is 0 Å². The molecule has 0 amide bonds. The van der Waals surface area contributed by atoms with Crippen LogP contribution in [0.1, 0.15) is 37.6 Å². The molecule has 2 atom stereocenters. The predicted molar refractivity (Wildman–Crippen MR) is 52.5 cm³/mol. The van der Waals surface area contributed by atoms with Crippen LogP contribution in [-0.4, -0.2) is 10.2 Å². The number of H-pyrrole nitrogens is 2. The fraction of sp³-hybridized carbons (Fsp3) is 0.667. The van der Waals surface area contributed by atoms with Gasteiger partial charge in [0.15, 0.2) is 0 Å². The zero-order valence-corrected chi connectivity index (χ0v) is 8.35. The van der Waals surface area contributed by atoms with Gasteiger partial charge >= 0.3 is 0 Å². The molecule has 0 radical (unpaired) electrons. The molecule has 0 bridgehead atoms. The highest BCUT2D eigenvalue weighted by Gasteiger charge is 2.17. The fourth-order valence-electron chi connectivity index (χ4n) is 1.31. The Balaban J connectivity index is 2.95. The molecule has 0 saturated heterocycles. The van der Waals surface area contributed by atoms with E-state index in [0.717, 1.165) is 12.1 Å². The molecule has 1 aromatic heterocycles. The highest BCUT2D eigenvalue weighted by molar-refractivity contribution is 5.18. The predicted octanol–water partition coefficient (Wildman–Crippen LogP) is 1.06. The molecule has 0 aliphatic carbocycles. The van der Waals surface area contributed by atoms with Crippen LogP contribution in [0.3, 0.4) is 0 Å². The van der Waals surface area contributed by atoms with Crippen LogP contribution in [0, 0.1) is 12.8 Å². The molecule has 0 unspecified atom stereocenters. The molecule has 0 aliphatic heterocycles. The van der Waals surface area contributed by atoms with Gasteiger partial charge in [0.25, 0.3) is 5.56 Å². The molecule has 4 nitrogen and oxygen atoms in total. The van der Waals surface area contributed by atoms with Crippen molar-refractivity contribution in [1.82, 2.24) is 10.2 Å². The van der Waals surface area contributed by atoms with E-state index in [0.29, 0.717) is 11.5 Å². The fourth-order valence-corrected chi connectivity index (χ4v) is 1.31. The molecular weight excluding hydrogens is 166 g/mol. The van der Waals surface area contributed by atoms with Crippen LogP contribution in [0.5, 0.6) is 0 Å². The van der Waals surface area contributed by atoms with E-state index < -0.39 is 0 Å². The molecule has 13 heavy (non-hydrogen) atoms. The number of hydrogen-bond acceptors (Lipinski definition) is 2. The molecule has 1 rings (SSSR count). The van der Waals surface area contributed by atoms with Gasteiger partial charge in [-0.05, 0) is 12.8 Å². The van der Waals surface area contributed by atoms with Crippen molar-refractivity contribution >= 4 is 0 Å². The molecule has 0 fully saturated rings. The van der Waals surface area contributed by atoms with E-state index in [1.165, 1.54) is 0 Å². The molecular formula is C9H17N3O. The Bertz CT molecular complexity index is 326. The van der Waals surface area contributed by atoms with E-state index in [2.05, 4.69) is 24.0 Å². The summed E-state index contributed by atoms with van der Waals surface area (Å²) in [4.78, 5) is 11.1. The number of nitrogens with two attached hydrogens (primary N) is 1. The summed E-state index contributed by atoms with van der Waals surface area (Å²) in [6, 6.07) is -0.0797. The first-order valence-corrected chi connectivity index (χ1v) is 4.60. The van der Waals surface area contributed by atoms with Gasteiger partial charge in [-0.15, -0.1) is 0 Å². The van der Waals surface area contributed by atoms with Crippen molar-refractivity contribution in [2.75, 3.05) is 0 Å². The summed E-state index contributed by atoms with van der Waals surface area (Å²) >= 11 is 0. The molecule has 4 N–H and O–H groups in total. The Labute approximate surface area is 77.5 Å². The molecule has 0 aliphatic rings. The van der Waals surface area contributed by atoms with Crippen LogP contribution in [0.2, 0.25) is 0 Å². The van der Waals surface area contributed by atoms with E-state index in [-0.39, 0.29) is 11.6 Å². The zero-order valence-electron chi connectivity index (χ0n) is 8.35. The van der Waals surface area contributed by atoms with Gasteiger partial charge < -0.3 is 10.8 Å². The van der Waals surface area contributed by atoms with Gasteiger partial charge in [0.1, 0.15) is 0 Å². The minimum absolute atomic E-state index is 0.0752. The summed E-state index contributed by atoms with van der Waals surface area (Å²) < 4.78 is 0. The van der Waals surface area contributed by atoms with Gasteiger partial charge in [0.2, 0.25) is 0 Å². The number of nitrogens with one attached hydrogen (secondary N) is 2. The van der Waals surface area contributed by atoms with Gasteiger partial charge in [-0.25, -0.2) is 0 Å². The normalized spacial score (nSPS) is 15.7. The lowest BCUT2D eigenvalue weighted by Gasteiger charge is -2.17. The second-order valence-corrected chi connectivity index (χ2v) is 3.53. The van der Waals surface area contributed by atoms with Gasteiger partial charge in [-0.3, -0.25) is 9.89 Å². The third kappa shape index (κ3) is 1.83. The minimum Gasteiger partial charge on any atom is -0.322 e. The third-order valence-corrected chi connectivity index (χ3v) is 2.65. The van der Waals surface area contributed by atoms with Crippen molar-refractivity contribution in [2.24, 2.45) is 11.7 Å². The average Bonchev–Trinajstić information content (AvgIpc) is 2.45. The van der Waals surface area contributed by atoms with E-state index in [9.17, 15) is 4.79 Å². The van der Waals surface area contributed by atoms with Crippen molar-refractivity contribution in [1.29, 1.82) is 0 Å². The maximum absolute atomic E-state index is 11.1. The monoisotopic (exact) mass is 183 g/mol. The zero-order chi connectivity index (χ0) is 10.0. The van der Waals surface area contributed by atoms with E-state index in [1.54, 1.807) is 6.92 Å².